The van der Waals surface area contributed by atoms with Crippen molar-refractivity contribution in [2.45, 2.75) is 12.7 Å². The largest absolute Gasteiger partial charge is 0.384 e. The summed E-state index contributed by atoms with van der Waals surface area (Å²) in [4.78, 5) is 0. The van der Waals surface area contributed by atoms with E-state index in [1.165, 1.54) is 18.2 Å². The Balaban J connectivity index is 3.00. The molecule has 0 saturated carbocycles. The molecule has 0 saturated heterocycles. The van der Waals surface area contributed by atoms with Gasteiger partial charge in [0.2, 0.25) is 0 Å². The number of aliphatic hydroxyl groups excluding tert-OH is 1. The van der Waals surface area contributed by atoms with E-state index in [1.807, 2.05) is 0 Å². The van der Waals surface area contributed by atoms with Gasteiger partial charge in [-0.2, -0.15) is 8.78 Å². The molecule has 0 aromatic heterocycles. The van der Waals surface area contributed by atoms with Crippen molar-refractivity contribution in [3.63, 3.8) is 0 Å². The van der Waals surface area contributed by atoms with Crippen LogP contribution in [0, 0.1) is 18.8 Å². The van der Waals surface area contributed by atoms with Crippen LogP contribution >= 0.6 is 0 Å². The number of aryl methyl sites for hydroxylation is 1. The lowest BCUT2D eigenvalue weighted by molar-refractivity contribution is 0.236. The third-order valence-electron chi connectivity index (χ3n) is 2.02. The van der Waals surface area contributed by atoms with Gasteiger partial charge in [-0.05, 0) is 30.7 Å². The number of sulfonamides is 1. The molecule has 18 heavy (non-hydrogen) atoms. The molecule has 2 N–H and O–H groups in total. The van der Waals surface area contributed by atoms with Crippen molar-refractivity contribution in [3.05, 3.63) is 29.3 Å². The zero-order chi connectivity index (χ0) is 13.8. The number of anilines is 1. The van der Waals surface area contributed by atoms with E-state index in [-0.39, 0.29) is 12.3 Å². The summed E-state index contributed by atoms with van der Waals surface area (Å²) in [6, 6.07) is 4.35. The highest BCUT2D eigenvalue weighted by molar-refractivity contribution is 7.93. The maximum Gasteiger partial charge on any atom is 0.355 e. The molecule has 0 amide bonds. The molecule has 0 aliphatic heterocycles. The first-order valence-corrected chi connectivity index (χ1v) is 6.41. The van der Waals surface area contributed by atoms with E-state index in [9.17, 15) is 17.2 Å². The lowest BCUT2D eigenvalue weighted by Crippen LogP contribution is -2.21. The summed E-state index contributed by atoms with van der Waals surface area (Å²) < 4.78 is 48.1. The van der Waals surface area contributed by atoms with Crippen LogP contribution < -0.4 is 4.72 Å². The van der Waals surface area contributed by atoms with Crippen LogP contribution in [0.4, 0.5) is 14.5 Å². The van der Waals surface area contributed by atoms with E-state index in [1.54, 1.807) is 11.6 Å². The molecule has 98 valence electrons. The second-order valence-corrected chi connectivity index (χ2v) is 5.05. The summed E-state index contributed by atoms with van der Waals surface area (Å²) >= 11 is 0. The molecule has 0 heterocycles. The Morgan fingerprint density at radius 2 is 2.11 bits per heavy atom. The van der Waals surface area contributed by atoms with Crippen LogP contribution in [0.3, 0.4) is 0 Å². The summed E-state index contributed by atoms with van der Waals surface area (Å²) in [6.07, 6.45) is 0. The first-order valence-electron chi connectivity index (χ1n) is 4.87. The van der Waals surface area contributed by atoms with Crippen molar-refractivity contribution < 1.29 is 22.3 Å². The first kappa shape index (κ1) is 14.4. The number of halogens is 2. The minimum atomic E-state index is -4.66. The average molecular weight is 275 g/mol. The van der Waals surface area contributed by atoms with E-state index in [4.69, 9.17) is 5.11 Å². The van der Waals surface area contributed by atoms with E-state index < -0.39 is 15.8 Å². The quantitative estimate of drug-likeness (QED) is 0.817. The third kappa shape index (κ3) is 3.68. The smallest absolute Gasteiger partial charge is 0.355 e. The molecule has 0 aliphatic carbocycles. The van der Waals surface area contributed by atoms with Crippen molar-refractivity contribution in [3.8, 4) is 11.8 Å². The molecule has 4 nitrogen and oxygen atoms in total. The van der Waals surface area contributed by atoms with Crippen LogP contribution in [-0.4, -0.2) is 25.9 Å². The Bertz CT molecular complexity index is 588. The zero-order valence-corrected chi connectivity index (χ0v) is 10.3. The fourth-order valence-electron chi connectivity index (χ4n) is 1.20. The van der Waals surface area contributed by atoms with Crippen LogP contribution in [0.25, 0.3) is 0 Å². The maximum absolute atomic E-state index is 12.2. The monoisotopic (exact) mass is 275 g/mol. The molecule has 1 aromatic carbocycles. The lowest BCUT2D eigenvalue weighted by Gasteiger charge is -2.09. The molecule has 0 fully saturated rings. The molecule has 0 radical (unpaired) electrons. The van der Waals surface area contributed by atoms with Gasteiger partial charge in [0.1, 0.15) is 6.61 Å². The van der Waals surface area contributed by atoms with Crippen molar-refractivity contribution >= 4 is 15.7 Å². The summed E-state index contributed by atoms with van der Waals surface area (Å²) in [5, 5.41) is 8.52. The summed E-state index contributed by atoms with van der Waals surface area (Å²) in [6.45, 7) is 1.27. The Morgan fingerprint density at radius 3 is 2.61 bits per heavy atom. The van der Waals surface area contributed by atoms with Gasteiger partial charge in [0, 0.05) is 5.56 Å². The summed E-state index contributed by atoms with van der Waals surface area (Å²) in [5.74, 6) is 1.57. The fraction of sp³-hybridized carbons (Fsp3) is 0.273. The highest BCUT2D eigenvalue weighted by atomic mass is 32.2. The van der Waals surface area contributed by atoms with Gasteiger partial charge >= 0.3 is 5.76 Å². The topological polar surface area (TPSA) is 66.4 Å². The Morgan fingerprint density at radius 1 is 1.44 bits per heavy atom. The maximum atomic E-state index is 12.2. The second-order valence-electron chi connectivity index (χ2n) is 3.40. The van der Waals surface area contributed by atoms with E-state index in [0.717, 1.165) is 0 Å². The second kappa shape index (κ2) is 5.80. The van der Waals surface area contributed by atoms with Crippen molar-refractivity contribution in [2.75, 3.05) is 11.3 Å². The molecular formula is C11H11F2NO3S. The standard InChI is InChI=1S/C11H11F2NO3S/c1-8-7-9(3-2-6-15)4-5-10(8)14-18(16,17)11(12)13/h4-5,7,11,14-15H,6H2,1H3. The molecular weight excluding hydrogens is 264 g/mol. The Hall–Kier alpha value is -1.65. The van der Waals surface area contributed by atoms with Crippen LogP contribution in [-0.2, 0) is 10.0 Å². The van der Waals surface area contributed by atoms with Crippen molar-refractivity contribution in [1.82, 2.24) is 0 Å². The normalized spacial score (nSPS) is 10.9. The predicted octanol–water partition coefficient (Wildman–Crippen LogP) is 1.30. The van der Waals surface area contributed by atoms with Crippen molar-refractivity contribution in [2.24, 2.45) is 0 Å². The number of alkyl halides is 2. The number of nitrogens with one attached hydrogen (secondary N) is 1. The van der Waals surface area contributed by atoms with Crippen LogP contribution in [0.15, 0.2) is 18.2 Å². The van der Waals surface area contributed by atoms with Gasteiger partial charge in [-0.3, -0.25) is 4.72 Å². The number of hydrogen-bond donors (Lipinski definition) is 2. The van der Waals surface area contributed by atoms with Gasteiger partial charge in [-0.25, -0.2) is 8.42 Å². The molecule has 0 atom stereocenters. The minimum absolute atomic E-state index is 0.0739. The van der Waals surface area contributed by atoms with Crippen LogP contribution in [0.5, 0.6) is 0 Å². The summed E-state index contributed by atoms with van der Waals surface area (Å²) in [7, 11) is -4.66. The van der Waals surface area contributed by atoms with E-state index in [0.29, 0.717) is 11.1 Å². The highest BCUT2D eigenvalue weighted by Crippen LogP contribution is 2.19. The van der Waals surface area contributed by atoms with Crippen molar-refractivity contribution in [1.29, 1.82) is 0 Å². The van der Waals surface area contributed by atoms with Crippen LogP contribution in [0.2, 0.25) is 0 Å². The number of aliphatic hydroxyl groups is 1. The third-order valence-corrected chi connectivity index (χ3v) is 3.00. The molecule has 0 spiro atoms. The van der Waals surface area contributed by atoms with E-state index in [2.05, 4.69) is 11.8 Å². The summed E-state index contributed by atoms with van der Waals surface area (Å²) in [5.41, 5.74) is 1.09. The van der Waals surface area contributed by atoms with Crippen LogP contribution in [0.1, 0.15) is 11.1 Å². The highest BCUT2D eigenvalue weighted by Gasteiger charge is 2.24. The Kier molecular flexibility index (Phi) is 4.64. The average Bonchev–Trinajstić information content (AvgIpc) is 2.29. The Labute approximate surface area is 104 Å². The van der Waals surface area contributed by atoms with Gasteiger partial charge < -0.3 is 5.11 Å². The van der Waals surface area contributed by atoms with E-state index >= 15 is 0 Å². The SMILES string of the molecule is Cc1cc(C#CCO)ccc1NS(=O)(=O)C(F)F. The van der Waals surface area contributed by atoms with Gasteiger partial charge in [-0.15, -0.1) is 0 Å². The number of rotatable bonds is 3. The first-order chi connectivity index (χ1) is 8.36. The number of benzene rings is 1. The molecule has 0 bridgehead atoms. The lowest BCUT2D eigenvalue weighted by atomic mass is 10.1. The predicted molar refractivity (Wildman–Crippen MR) is 63.7 cm³/mol. The molecule has 0 unspecified atom stereocenters. The van der Waals surface area contributed by atoms with Gasteiger partial charge in [0.25, 0.3) is 10.0 Å². The molecule has 7 heteroatoms. The molecule has 0 aliphatic rings. The zero-order valence-electron chi connectivity index (χ0n) is 9.44. The van der Waals surface area contributed by atoms with Gasteiger partial charge in [-0.1, -0.05) is 11.8 Å². The van der Waals surface area contributed by atoms with Gasteiger partial charge in [0.05, 0.1) is 5.69 Å². The number of hydrogen-bond acceptors (Lipinski definition) is 3. The molecule has 1 rings (SSSR count). The fourth-order valence-corrected chi connectivity index (χ4v) is 1.82. The van der Waals surface area contributed by atoms with Gasteiger partial charge in [0.15, 0.2) is 0 Å². The minimum Gasteiger partial charge on any atom is -0.384 e. The molecule has 1 aromatic rings.